The first-order valence-corrected chi connectivity index (χ1v) is 7.91. The van der Waals surface area contributed by atoms with Crippen molar-refractivity contribution < 1.29 is 4.79 Å². The molecule has 6 nitrogen and oxygen atoms in total. The first-order chi connectivity index (χ1) is 10.7. The minimum atomic E-state index is -0.187. The van der Waals surface area contributed by atoms with Crippen molar-refractivity contribution in [2.24, 2.45) is 5.73 Å². The van der Waals surface area contributed by atoms with E-state index in [9.17, 15) is 4.79 Å². The fourth-order valence-electron chi connectivity index (χ4n) is 2.23. The Hall–Kier alpha value is -2.25. The molecule has 3 aromatic rings. The zero-order chi connectivity index (χ0) is 15.5. The van der Waals surface area contributed by atoms with Gasteiger partial charge in [-0.05, 0) is 19.1 Å². The number of nitrogens with one attached hydrogen (secondary N) is 2. The van der Waals surface area contributed by atoms with E-state index in [4.69, 9.17) is 5.73 Å². The van der Waals surface area contributed by atoms with Crippen LogP contribution < -0.4 is 11.1 Å². The van der Waals surface area contributed by atoms with Crippen molar-refractivity contribution >= 4 is 28.3 Å². The number of amides is 1. The Morgan fingerprint density at radius 2 is 2.23 bits per heavy atom. The van der Waals surface area contributed by atoms with E-state index in [1.165, 1.54) is 11.3 Å². The number of carbonyl (C=O) groups excluding carboxylic acids is 1. The summed E-state index contributed by atoms with van der Waals surface area (Å²) in [5, 5.41) is 5.64. The number of imidazole rings is 1. The van der Waals surface area contributed by atoms with E-state index in [1.807, 2.05) is 36.6 Å². The van der Waals surface area contributed by atoms with E-state index < -0.39 is 0 Å². The van der Waals surface area contributed by atoms with E-state index in [2.05, 4.69) is 20.3 Å². The Morgan fingerprint density at radius 3 is 2.95 bits per heavy atom. The number of aromatic nitrogens is 3. The molecule has 0 bridgehead atoms. The van der Waals surface area contributed by atoms with Gasteiger partial charge in [0.15, 0.2) is 0 Å². The molecule has 1 amide bonds. The highest BCUT2D eigenvalue weighted by atomic mass is 32.1. The molecular weight excluding hydrogens is 298 g/mol. The third-order valence-electron chi connectivity index (χ3n) is 3.31. The summed E-state index contributed by atoms with van der Waals surface area (Å²) in [5.41, 5.74) is 8.13. The third-order valence-corrected chi connectivity index (χ3v) is 4.23. The lowest BCUT2D eigenvalue weighted by Crippen LogP contribution is -2.28. The van der Waals surface area contributed by atoms with Gasteiger partial charge in [-0.15, -0.1) is 11.3 Å². The average molecular weight is 315 g/mol. The monoisotopic (exact) mass is 315 g/mol. The fourth-order valence-corrected chi connectivity index (χ4v) is 2.90. The van der Waals surface area contributed by atoms with E-state index in [-0.39, 0.29) is 18.4 Å². The van der Waals surface area contributed by atoms with Gasteiger partial charge in [0.25, 0.3) is 0 Å². The summed E-state index contributed by atoms with van der Waals surface area (Å²) in [4.78, 5) is 24.1. The van der Waals surface area contributed by atoms with Crippen molar-refractivity contribution in [1.82, 2.24) is 20.3 Å². The summed E-state index contributed by atoms with van der Waals surface area (Å²) in [6.45, 7) is 2.31. The van der Waals surface area contributed by atoms with Crippen molar-refractivity contribution in [3.05, 3.63) is 46.2 Å². The molecule has 1 unspecified atom stereocenters. The summed E-state index contributed by atoms with van der Waals surface area (Å²) in [7, 11) is 0. The molecule has 4 N–H and O–H groups in total. The minimum absolute atomic E-state index is 0.0816. The van der Waals surface area contributed by atoms with Crippen LogP contribution in [-0.2, 0) is 17.8 Å². The highest BCUT2D eigenvalue weighted by molar-refractivity contribution is 7.09. The number of fused-ring (bicyclic) bond motifs is 1. The number of nitrogens with two attached hydrogens (primary N) is 1. The van der Waals surface area contributed by atoms with Crippen LogP contribution in [0.5, 0.6) is 0 Å². The fraction of sp³-hybridized carbons (Fsp3) is 0.267. The van der Waals surface area contributed by atoms with Gasteiger partial charge in [0, 0.05) is 11.9 Å². The zero-order valence-corrected chi connectivity index (χ0v) is 13.0. The van der Waals surface area contributed by atoms with Gasteiger partial charge in [-0.25, -0.2) is 9.97 Å². The van der Waals surface area contributed by atoms with Gasteiger partial charge in [0.2, 0.25) is 5.91 Å². The number of para-hydroxylation sites is 2. The summed E-state index contributed by atoms with van der Waals surface area (Å²) < 4.78 is 0. The van der Waals surface area contributed by atoms with E-state index in [1.54, 1.807) is 0 Å². The van der Waals surface area contributed by atoms with Gasteiger partial charge in [-0.3, -0.25) is 4.79 Å². The smallest absolute Gasteiger partial charge is 0.226 e. The second-order valence-electron chi connectivity index (χ2n) is 5.04. The predicted molar refractivity (Wildman–Crippen MR) is 86.4 cm³/mol. The number of rotatable bonds is 5. The quantitative estimate of drug-likeness (QED) is 0.670. The number of benzene rings is 1. The normalized spacial score (nSPS) is 12.5. The van der Waals surface area contributed by atoms with Crippen LogP contribution in [0.4, 0.5) is 0 Å². The van der Waals surface area contributed by atoms with E-state index in [0.29, 0.717) is 6.54 Å². The molecule has 3 rings (SSSR count). The molecular formula is C15H17N5OS. The van der Waals surface area contributed by atoms with Crippen molar-refractivity contribution in [1.29, 1.82) is 0 Å². The van der Waals surface area contributed by atoms with E-state index >= 15 is 0 Å². The van der Waals surface area contributed by atoms with Crippen LogP contribution in [0.1, 0.15) is 29.5 Å². The van der Waals surface area contributed by atoms with E-state index in [0.717, 1.165) is 27.6 Å². The zero-order valence-electron chi connectivity index (χ0n) is 12.2. The molecule has 0 saturated carbocycles. The number of H-pyrrole nitrogens is 1. The maximum Gasteiger partial charge on any atom is 0.226 e. The van der Waals surface area contributed by atoms with Crippen LogP contribution in [0.25, 0.3) is 11.0 Å². The van der Waals surface area contributed by atoms with Crippen LogP contribution in [0, 0.1) is 0 Å². The maximum atomic E-state index is 12.1. The van der Waals surface area contributed by atoms with Gasteiger partial charge >= 0.3 is 0 Å². The van der Waals surface area contributed by atoms with Crippen LogP contribution in [-0.4, -0.2) is 20.9 Å². The molecule has 0 fully saturated rings. The second-order valence-corrected chi connectivity index (χ2v) is 5.98. The van der Waals surface area contributed by atoms with Crippen molar-refractivity contribution in [3.63, 3.8) is 0 Å². The summed E-state index contributed by atoms with van der Waals surface area (Å²) in [5.74, 6) is 0.664. The SMILES string of the molecule is CC(NC(=O)Cc1csc(CN)n1)c1nc2ccccc2[nH]1. The second kappa shape index (κ2) is 6.25. The molecule has 2 aromatic heterocycles. The van der Waals surface area contributed by atoms with Crippen molar-refractivity contribution in [2.75, 3.05) is 0 Å². The molecule has 2 heterocycles. The van der Waals surface area contributed by atoms with Crippen molar-refractivity contribution in [3.8, 4) is 0 Å². The molecule has 22 heavy (non-hydrogen) atoms. The molecule has 0 saturated heterocycles. The number of nitrogens with zero attached hydrogens (tertiary/aromatic N) is 2. The standard InChI is InChI=1S/C15H17N5OS/c1-9(15-19-11-4-2-3-5-12(11)20-15)17-13(21)6-10-8-22-14(7-16)18-10/h2-5,8-9H,6-7,16H2,1H3,(H,17,21)(H,19,20). The Bertz CT molecular complexity index is 761. The molecule has 0 spiro atoms. The maximum absolute atomic E-state index is 12.1. The summed E-state index contributed by atoms with van der Waals surface area (Å²) >= 11 is 1.48. The van der Waals surface area contributed by atoms with Gasteiger partial charge in [-0.1, -0.05) is 12.1 Å². The van der Waals surface area contributed by atoms with Gasteiger partial charge in [0.05, 0.1) is 29.2 Å². The first kappa shape index (κ1) is 14.7. The largest absolute Gasteiger partial charge is 0.346 e. The lowest BCUT2D eigenvalue weighted by molar-refractivity contribution is -0.121. The lowest BCUT2D eigenvalue weighted by atomic mass is 10.2. The van der Waals surface area contributed by atoms with Crippen molar-refractivity contribution in [2.45, 2.75) is 25.9 Å². The minimum Gasteiger partial charge on any atom is -0.346 e. The van der Waals surface area contributed by atoms with Crippen LogP contribution in [0.15, 0.2) is 29.6 Å². The molecule has 7 heteroatoms. The molecule has 1 atom stereocenters. The Morgan fingerprint density at radius 1 is 1.41 bits per heavy atom. The Labute approximate surface area is 131 Å². The molecule has 114 valence electrons. The average Bonchev–Trinajstić information content (AvgIpc) is 3.12. The number of hydrogen-bond acceptors (Lipinski definition) is 5. The Balaban J connectivity index is 1.65. The highest BCUT2D eigenvalue weighted by Crippen LogP contribution is 2.16. The molecule has 0 radical (unpaired) electrons. The molecule has 0 aliphatic heterocycles. The molecule has 1 aromatic carbocycles. The van der Waals surface area contributed by atoms with Crippen LogP contribution >= 0.6 is 11.3 Å². The Kier molecular flexibility index (Phi) is 4.17. The number of aromatic amines is 1. The number of hydrogen-bond donors (Lipinski definition) is 3. The van der Waals surface area contributed by atoms with Gasteiger partial charge in [-0.2, -0.15) is 0 Å². The predicted octanol–water partition coefficient (Wildman–Crippen LogP) is 1.90. The summed E-state index contributed by atoms with van der Waals surface area (Å²) in [6, 6.07) is 7.60. The first-order valence-electron chi connectivity index (χ1n) is 7.03. The number of carbonyl (C=O) groups is 1. The topological polar surface area (TPSA) is 96.7 Å². The van der Waals surface area contributed by atoms with Gasteiger partial charge in [0.1, 0.15) is 10.8 Å². The van der Waals surface area contributed by atoms with Crippen LogP contribution in [0.3, 0.4) is 0 Å². The highest BCUT2D eigenvalue weighted by Gasteiger charge is 2.14. The van der Waals surface area contributed by atoms with Crippen LogP contribution in [0.2, 0.25) is 0 Å². The lowest BCUT2D eigenvalue weighted by Gasteiger charge is -2.10. The number of thiazole rings is 1. The molecule has 0 aliphatic carbocycles. The van der Waals surface area contributed by atoms with Gasteiger partial charge < -0.3 is 16.0 Å². The molecule has 0 aliphatic rings. The third kappa shape index (κ3) is 3.15. The summed E-state index contributed by atoms with van der Waals surface area (Å²) in [6.07, 6.45) is 0.251.